The van der Waals surface area contributed by atoms with Crippen LogP contribution in [0.3, 0.4) is 0 Å². The van der Waals surface area contributed by atoms with Crippen molar-refractivity contribution in [1.29, 1.82) is 0 Å². The first-order valence-corrected chi connectivity index (χ1v) is 6.91. The summed E-state index contributed by atoms with van der Waals surface area (Å²) >= 11 is 3.41. The zero-order chi connectivity index (χ0) is 14.3. The van der Waals surface area contributed by atoms with Gasteiger partial charge in [-0.15, -0.1) is 0 Å². The van der Waals surface area contributed by atoms with Crippen LogP contribution in [0.25, 0.3) is 16.6 Å². The number of ether oxygens (including phenoxy) is 1. The lowest BCUT2D eigenvalue weighted by Crippen LogP contribution is -2.11. The van der Waals surface area contributed by atoms with Crippen LogP contribution in [0.4, 0.5) is 0 Å². The van der Waals surface area contributed by atoms with Crippen molar-refractivity contribution < 1.29 is 9.53 Å². The summed E-state index contributed by atoms with van der Waals surface area (Å²) in [5, 5.41) is 0. The molecule has 0 saturated carbocycles. The third-order valence-corrected chi connectivity index (χ3v) is 3.68. The highest BCUT2D eigenvalue weighted by atomic mass is 79.9. The van der Waals surface area contributed by atoms with Crippen LogP contribution in [0.2, 0.25) is 0 Å². The second kappa shape index (κ2) is 4.79. The summed E-state index contributed by atoms with van der Waals surface area (Å²) in [4.78, 5) is 26.5. The van der Waals surface area contributed by atoms with Crippen molar-refractivity contribution in [3.8, 4) is 0 Å². The molecule has 2 heterocycles. The lowest BCUT2D eigenvalue weighted by atomic mass is 10.2. The molecule has 0 spiro atoms. The van der Waals surface area contributed by atoms with Gasteiger partial charge in [-0.25, -0.2) is 4.79 Å². The van der Waals surface area contributed by atoms with E-state index in [4.69, 9.17) is 4.74 Å². The largest absolute Gasteiger partial charge is 0.462 e. The molecule has 6 heteroatoms. The highest BCUT2D eigenvalue weighted by Gasteiger charge is 2.11. The predicted octanol–water partition coefficient (Wildman–Crippen LogP) is 2.72. The molecule has 0 aliphatic heterocycles. The van der Waals surface area contributed by atoms with Gasteiger partial charge in [-0.2, -0.15) is 0 Å². The van der Waals surface area contributed by atoms with Crippen molar-refractivity contribution in [2.45, 2.75) is 6.92 Å². The Balaban J connectivity index is 2.31. The number of H-pyrrole nitrogens is 1. The molecule has 0 saturated heterocycles. The second-order valence-corrected chi connectivity index (χ2v) is 5.10. The maximum atomic E-state index is 12.0. The zero-order valence-electron chi connectivity index (χ0n) is 10.6. The first-order chi connectivity index (χ1) is 9.61. The molecule has 0 aliphatic rings. The Kier molecular flexibility index (Phi) is 3.10. The minimum absolute atomic E-state index is 0.204. The van der Waals surface area contributed by atoms with Crippen molar-refractivity contribution in [2.24, 2.45) is 0 Å². The van der Waals surface area contributed by atoms with Crippen LogP contribution in [0.5, 0.6) is 0 Å². The molecule has 0 aliphatic carbocycles. The molecule has 3 rings (SSSR count). The number of carbonyl (C=O) groups excluding carboxylic acids is 1. The summed E-state index contributed by atoms with van der Waals surface area (Å²) in [7, 11) is 0. The summed E-state index contributed by atoms with van der Waals surface area (Å²) < 4.78 is 7.54. The average Bonchev–Trinajstić information content (AvgIpc) is 2.82. The minimum Gasteiger partial charge on any atom is -0.462 e. The molecule has 1 aromatic carbocycles. The molecule has 0 bridgehead atoms. The van der Waals surface area contributed by atoms with Gasteiger partial charge in [0.2, 0.25) is 0 Å². The Morgan fingerprint density at radius 3 is 2.80 bits per heavy atom. The molecule has 20 heavy (non-hydrogen) atoms. The van der Waals surface area contributed by atoms with Crippen molar-refractivity contribution in [3.05, 3.63) is 50.9 Å². The maximum Gasteiger partial charge on any atom is 0.338 e. The van der Waals surface area contributed by atoms with Crippen LogP contribution in [-0.2, 0) is 4.74 Å². The number of esters is 1. The van der Waals surface area contributed by atoms with Gasteiger partial charge < -0.3 is 9.72 Å². The Morgan fingerprint density at radius 2 is 2.05 bits per heavy atom. The van der Waals surface area contributed by atoms with E-state index in [-0.39, 0.29) is 5.56 Å². The fraction of sp³-hybridized carbons (Fsp3) is 0.143. The number of nitrogens with zero attached hydrogens (tertiary/aromatic N) is 1. The highest BCUT2D eigenvalue weighted by molar-refractivity contribution is 9.10. The van der Waals surface area contributed by atoms with Gasteiger partial charge in [0.05, 0.1) is 27.8 Å². The molecule has 2 aromatic heterocycles. The number of aromatic amines is 1. The average molecular weight is 335 g/mol. The highest BCUT2D eigenvalue weighted by Crippen LogP contribution is 2.21. The summed E-state index contributed by atoms with van der Waals surface area (Å²) in [5.74, 6) is -0.401. The van der Waals surface area contributed by atoms with E-state index in [1.165, 1.54) is 0 Å². The molecule has 0 atom stereocenters. The van der Waals surface area contributed by atoms with Crippen LogP contribution < -0.4 is 5.56 Å². The molecule has 0 amide bonds. The van der Waals surface area contributed by atoms with Gasteiger partial charge in [0.25, 0.3) is 5.56 Å². The van der Waals surface area contributed by atoms with Gasteiger partial charge in [0, 0.05) is 0 Å². The SMILES string of the molecule is CCOC(=O)c1ccc2c(c1)[nH]c(=O)c1ccc(Br)n12. The number of fused-ring (bicyclic) bond motifs is 3. The Bertz CT molecular complexity index is 879. The fourth-order valence-corrected chi connectivity index (χ4v) is 2.71. The molecule has 0 fully saturated rings. The molecule has 0 unspecified atom stereocenters. The third kappa shape index (κ3) is 1.92. The predicted molar refractivity (Wildman–Crippen MR) is 79.2 cm³/mol. The van der Waals surface area contributed by atoms with E-state index in [9.17, 15) is 9.59 Å². The standard InChI is InChI=1S/C14H11BrN2O3/c1-2-20-14(19)8-3-4-10-9(7-8)16-13(18)11-5-6-12(15)17(10)11/h3-7H,2H2,1H3,(H,16,18). The Morgan fingerprint density at radius 1 is 1.30 bits per heavy atom. The molecule has 5 nitrogen and oxygen atoms in total. The molecular weight excluding hydrogens is 324 g/mol. The molecule has 1 N–H and O–H groups in total. The van der Waals surface area contributed by atoms with Gasteiger partial charge in [0.1, 0.15) is 5.52 Å². The zero-order valence-corrected chi connectivity index (χ0v) is 12.2. The Labute approximate surface area is 122 Å². The van der Waals surface area contributed by atoms with Gasteiger partial charge in [-0.05, 0) is 53.2 Å². The van der Waals surface area contributed by atoms with Crippen molar-refractivity contribution in [1.82, 2.24) is 9.38 Å². The number of halogens is 1. The van der Waals surface area contributed by atoms with E-state index in [2.05, 4.69) is 20.9 Å². The van der Waals surface area contributed by atoms with E-state index in [1.807, 2.05) is 6.07 Å². The molecule has 0 radical (unpaired) electrons. The minimum atomic E-state index is -0.401. The first kappa shape index (κ1) is 12.9. The van der Waals surface area contributed by atoms with E-state index in [0.29, 0.717) is 23.2 Å². The summed E-state index contributed by atoms with van der Waals surface area (Å²) in [6.45, 7) is 2.07. The third-order valence-electron chi connectivity index (χ3n) is 3.06. The van der Waals surface area contributed by atoms with Crippen molar-refractivity contribution >= 4 is 38.4 Å². The van der Waals surface area contributed by atoms with Crippen LogP contribution in [0.15, 0.2) is 39.7 Å². The molecule has 3 aromatic rings. The maximum absolute atomic E-state index is 12.0. The van der Waals surface area contributed by atoms with E-state index in [0.717, 1.165) is 10.1 Å². The van der Waals surface area contributed by atoms with Gasteiger partial charge >= 0.3 is 5.97 Å². The quantitative estimate of drug-likeness (QED) is 0.733. The summed E-state index contributed by atoms with van der Waals surface area (Å²) in [5.41, 5.74) is 2.16. The number of nitrogens with one attached hydrogen (secondary N) is 1. The molecule has 102 valence electrons. The van der Waals surface area contributed by atoms with E-state index in [1.54, 1.807) is 35.6 Å². The van der Waals surface area contributed by atoms with Crippen molar-refractivity contribution in [3.63, 3.8) is 0 Å². The van der Waals surface area contributed by atoms with Gasteiger partial charge in [0.15, 0.2) is 0 Å². The first-order valence-electron chi connectivity index (χ1n) is 6.12. The van der Waals surface area contributed by atoms with E-state index >= 15 is 0 Å². The van der Waals surface area contributed by atoms with Crippen molar-refractivity contribution in [2.75, 3.05) is 6.61 Å². The lowest BCUT2D eigenvalue weighted by molar-refractivity contribution is 0.0526. The number of benzene rings is 1. The normalized spacial score (nSPS) is 11.1. The van der Waals surface area contributed by atoms with Gasteiger partial charge in [-0.3, -0.25) is 9.20 Å². The summed E-state index contributed by atoms with van der Waals surface area (Å²) in [6, 6.07) is 8.64. The smallest absolute Gasteiger partial charge is 0.338 e. The Hall–Kier alpha value is -2.08. The topological polar surface area (TPSA) is 63.6 Å². The van der Waals surface area contributed by atoms with Crippen LogP contribution in [0, 0.1) is 0 Å². The number of carbonyl (C=O) groups is 1. The lowest BCUT2D eigenvalue weighted by Gasteiger charge is -2.06. The number of hydrogen-bond acceptors (Lipinski definition) is 3. The fourth-order valence-electron chi connectivity index (χ4n) is 2.19. The van der Waals surface area contributed by atoms with E-state index < -0.39 is 5.97 Å². The van der Waals surface area contributed by atoms with Crippen LogP contribution in [-0.4, -0.2) is 22.0 Å². The van der Waals surface area contributed by atoms with Crippen LogP contribution >= 0.6 is 15.9 Å². The monoisotopic (exact) mass is 334 g/mol. The number of hydrogen-bond donors (Lipinski definition) is 1. The number of aromatic nitrogens is 2. The second-order valence-electron chi connectivity index (χ2n) is 4.28. The summed E-state index contributed by atoms with van der Waals surface area (Å²) in [6.07, 6.45) is 0. The van der Waals surface area contributed by atoms with Crippen LogP contribution in [0.1, 0.15) is 17.3 Å². The van der Waals surface area contributed by atoms with Gasteiger partial charge in [-0.1, -0.05) is 0 Å². The number of rotatable bonds is 2. The molecular formula is C14H11BrN2O3.